The first kappa shape index (κ1) is 14.1. The van der Waals surface area contributed by atoms with E-state index in [9.17, 15) is 4.79 Å². The molecule has 0 fully saturated rings. The molecule has 0 atom stereocenters. The molecule has 0 bridgehead atoms. The van der Waals surface area contributed by atoms with E-state index in [1.54, 1.807) is 23.9 Å². The number of fused-ring (bicyclic) bond motifs is 1. The average molecular weight is 342 g/mol. The Labute approximate surface area is 139 Å². The summed E-state index contributed by atoms with van der Waals surface area (Å²) in [4.78, 5) is 20.7. The molecule has 0 saturated carbocycles. The number of esters is 1. The lowest BCUT2D eigenvalue weighted by atomic mass is 10.2. The zero-order valence-corrected chi connectivity index (χ0v) is 13.4. The monoisotopic (exact) mass is 342 g/mol. The normalized spacial score (nSPS) is 11.0. The Balaban J connectivity index is 1.45. The van der Waals surface area contributed by atoms with E-state index in [-0.39, 0.29) is 12.6 Å². The predicted octanol–water partition coefficient (Wildman–Crippen LogP) is 4.37. The van der Waals surface area contributed by atoms with Crippen molar-refractivity contribution in [1.82, 2.24) is 9.97 Å². The second-order valence-electron chi connectivity index (χ2n) is 4.73. The molecule has 0 aliphatic carbocycles. The molecule has 4 rings (SSSR count). The summed E-state index contributed by atoms with van der Waals surface area (Å²) < 4.78 is 11.6. The van der Waals surface area contributed by atoms with Gasteiger partial charge in [-0.05, 0) is 30.3 Å². The largest absolute Gasteiger partial charge is 0.462 e. The van der Waals surface area contributed by atoms with Crippen LogP contribution in [0, 0.1) is 0 Å². The molecule has 23 heavy (non-hydrogen) atoms. The van der Waals surface area contributed by atoms with Crippen molar-refractivity contribution in [3.63, 3.8) is 0 Å². The van der Waals surface area contributed by atoms with Gasteiger partial charge in [0.25, 0.3) is 0 Å². The van der Waals surface area contributed by atoms with Gasteiger partial charge in [-0.15, -0.1) is 22.7 Å². The molecule has 0 spiro atoms. The Morgan fingerprint density at radius 2 is 2.22 bits per heavy atom. The number of ether oxygens (including phenoxy) is 1. The summed E-state index contributed by atoms with van der Waals surface area (Å²) in [5.41, 5.74) is 3.86. The zero-order valence-electron chi connectivity index (χ0n) is 11.8. The molecule has 0 aliphatic heterocycles. The first-order valence-electron chi connectivity index (χ1n) is 6.78. The smallest absolute Gasteiger partial charge is 0.338 e. The third kappa shape index (κ3) is 2.88. The lowest BCUT2D eigenvalue weighted by Crippen LogP contribution is -2.05. The SMILES string of the molecule is O=C(OCc1csc(-c2ccco2)n1)c1ccc2ncsc2c1. The van der Waals surface area contributed by atoms with Crippen LogP contribution in [0.1, 0.15) is 16.1 Å². The molecule has 1 aromatic carbocycles. The molecule has 0 radical (unpaired) electrons. The fourth-order valence-corrected chi connectivity index (χ4v) is 3.58. The molecule has 0 unspecified atom stereocenters. The highest BCUT2D eigenvalue weighted by Crippen LogP contribution is 2.24. The predicted molar refractivity (Wildman–Crippen MR) is 88.6 cm³/mol. The summed E-state index contributed by atoms with van der Waals surface area (Å²) in [6.07, 6.45) is 1.60. The van der Waals surface area contributed by atoms with Gasteiger partial charge in [0, 0.05) is 5.38 Å². The van der Waals surface area contributed by atoms with Crippen LogP contribution in [0.2, 0.25) is 0 Å². The van der Waals surface area contributed by atoms with Crippen molar-refractivity contribution in [2.45, 2.75) is 6.61 Å². The molecule has 114 valence electrons. The number of rotatable bonds is 4. The maximum absolute atomic E-state index is 12.1. The van der Waals surface area contributed by atoms with Crippen molar-refractivity contribution in [1.29, 1.82) is 0 Å². The summed E-state index contributed by atoms with van der Waals surface area (Å²) in [7, 11) is 0. The molecule has 5 nitrogen and oxygen atoms in total. The van der Waals surface area contributed by atoms with Crippen LogP contribution in [-0.4, -0.2) is 15.9 Å². The topological polar surface area (TPSA) is 65.2 Å². The Morgan fingerprint density at radius 1 is 1.26 bits per heavy atom. The van der Waals surface area contributed by atoms with Gasteiger partial charge in [-0.25, -0.2) is 14.8 Å². The van der Waals surface area contributed by atoms with Gasteiger partial charge in [0.15, 0.2) is 10.8 Å². The van der Waals surface area contributed by atoms with Gasteiger partial charge in [0.05, 0.1) is 33.2 Å². The number of carbonyl (C=O) groups excluding carboxylic acids is 1. The minimum atomic E-state index is -0.368. The molecule has 4 aromatic rings. The second-order valence-corrected chi connectivity index (χ2v) is 6.48. The van der Waals surface area contributed by atoms with Crippen molar-refractivity contribution < 1.29 is 13.9 Å². The van der Waals surface area contributed by atoms with Gasteiger partial charge >= 0.3 is 5.97 Å². The van der Waals surface area contributed by atoms with E-state index in [0.717, 1.165) is 15.2 Å². The van der Waals surface area contributed by atoms with Crippen LogP contribution >= 0.6 is 22.7 Å². The summed E-state index contributed by atoms with van der Waals surface area (Å²) >= 11 is 2.95. The summed E-state index contributed by atoms with van der Waals surface area (Å²) in [6.45, 7) is 0.136. The molecule has 0 amide bonds. The molecule has 7 heteroatoms. The van der Waals surface area contributed by atoms with Crippen LogP contribution in [0.4, 0.5) is 0 Å². The second kappa shape index (κ2) is 5.94. The Hall–Kier alpha value is -2.51. The van der Waals surface area contributed by atoms with Gasteiger partial charge in [0.1, 0.15) is 6.61 Å². The molecular weight excluding hydrogens is 332 g/mol. The van der Waals surface area contributed by atoms with Crippen molar-refractivity contribution in [3.8, 4) is 10.8 Å². The van der Waals surface area contributed by atoms with E-state index >= 15 is 0 Å². The number of carbonyl (C=O) groups is 1. The van der Waals surface area contributed by atoms with Crippen molar-refractivity contribution >= 4 is 38.9 Å². The number of nitrogens with zero attached hydrogens (tertiary/aromatic N) is 2. The molecule has 0 aliphatic rings. The van der Waals surface area contributed by atoms with Crippen LogP contribution in [-0.2, 0) is 11.3 Å². The number of hydrogen-bond acceptors (Lipinski definition) is 7. The van der Waals surface area contributed by atoms with Gasteiger partial charge in [-0.2, -0.15) is 0 Å². The third-order valence-corrected chi connectivity index (χ3v) is 4.90. The lowest BCUT2D eigenvalue weighted by molar-refractivity contribution is 0.0468. The van der Waals surface area contributed by atoms with Crippen LogP contribution in [0.15, 0.2) is 51.9 Å². The highest BCUT2D eigenvalue weighted by atomic mass is 32.1. The van der Waals surface area contributed by atoms with Gasteiger partial charge in [-0.1, -0.05) is 0 Å². The van der Waals surface area contributed by atoms with Crippen LogP contribution in [0.3, 0.4) is 0 Å². The number of aromatic nitrogens is 2. The third-order valence-electron chi connectivity index (χ3n) is 3.20. The van der Waals surface area contributed by atoms with Gasteiger partial charge in [-0.3, -0.25) is 0 Å². The lowest BCUT2D eigenvalue weighted by Gasteiger charge is -2.02. The molecule has 0 saturated heterocycles. The highest BCUT2D eigenvalue weighted by Gasteiger charge is 2.12. The van der Waals surface area contributed by atoms with Crippen molar-refractivity contribution in [3.05, 3.63) is 58.7 Å². The molecular formula is C16H10N2O3S2. The van der Waals surface area contributed by atoms with Gasteiger partial charge < -0.3 is 9.15 Å². The Bertz CT molecular complexity index is 957. The Kier molecular flexibility index (Phi) is 3.64. The standard InChI is InChI=1S/C16H10N2O3S2/c19-16(10-3-4-12-14(6-10)23-9-17-12)21-7-11-8-22-15(18-11)13-2-1-5-20-13/h1-6,8-9H,7H2. The van der Waals surface area contributed by atoms with Crippen molar-refractivity contribution in [2.24, 2.45) is 0 Å². The number of hydrogen-bond donors (Lipinski definition) is 0. The summed E-state index contributed by atoms with van der Waals surface area (Å²) in [5.74, 6) is 0.344. The molecule has 0 N–H and O–H groups in total. The van der Waals surface area contributed by atoms with E-state index in [1.807, 2.05) is 23.6 Å². The number of benzene rings is 1. The van der Waals surface area contributed by atoms with E-state index < -0.39 is 0 Å². The maximum Gasteiger partial charge on any atom is 0.338 e. The Morgan fingerprint density at radius 3 is 3.09 bits per heavy atom. The zero-order chi connectivity index (χ0) is 15.6. The van der Waals surface area contributed by atoms with E-state index in [4.69, 9.17) is 9.15 Å². The summed E-state index contributed by atoms with van der Waals surface area (Å²) in [5, 5.41) is 2.63. The average Bonchev–Trinajstić information content (AvgIpc) is 3.32. The molecule has 3 heterocycles. The number of thiazole rings is 2. The van der Waals surface area contributed by atoms with E-state index in [2.05, 4.69) is 9.97 Å². The van der Waals surface area contributed by atoms with Crippen LogP contribution in [0.5, 0.6) is 0 Å². The minimum Gasteiger partial charge on any atom is -0.462 e. The van der Waals surface area contributed by atoms with Crippen LogP contribution < -0.4 is 0 Å². The summed E-state index contributed by atoms with van der Waals surface area (Å²) in [6, 6.07) is 9.00. The quantitative estimate of drug-likeness (QED) is 0.515. The fourth-order valence-electron chi connectivity index (χ4n) is 2.09. The van der Waals surface area contributed by atoms with E-state index in [1.165, 1.54) is 22.7 Å². The molecule has 3 aromatic heterocycles. The minimum absolute atomic E-state index is 0.136. The maximum atomic E-state index is 12.1. The number of furan rings is 1. The van der Waals surface area contributed by atoms with Crippen LogP contribution in [0.25, 0.3) is 21.0 Å². The highest BCUT2D eigenvalue weighted by molar-refractivity contribution is 7.16. The van der Waals surface area contributed by atoms with Crippen molar-refractivity contribution in [2.75, 3.05) is 0 Å². The van der Waals surface area contributed by atoms with E-state index in [0.29, 0.717) is 17.0 Å². The van der Waals surface area contributed by atoms with Gasteiger partial charge in [0.2, 0.25) is 0 Å². The first-order valence-corrected chi connectivity index (χ1v) is 8.54. The first-order chi connectivity index (χ1) is 11.3. The fraction of sp³-hybridized carbons (Fsp3) is 0.0625.